The fourth-order valence-corrected chi connectivity index (χ4v) is 1.12. The molecule has 72 valence electrons. The zero-order valence-corrected chi connectivity index (χ0v) is 6.94. The standard InChI is InChI=1S/C8H5FN2O3/c9-4-5-1-2-7-6(3-5)10-8(14-7)11(12)13/h1-3H,4H2. The number of rotatable bonds is 2. The van der Waals surface area contributed by atoms with E-state index in [2.05, 4.69) is 4.98 Å². The summed E-state index contributed by atoms with van der Waals surface area (Å²) < 4.78 is 17.0. The van der Waals surface area contributed by atoms with Crippen molar-refractivity contribution in [2.45, 2.75) is 6.67 Å². The second-order valence-electron chi connectivity index (χ2n) is 2.69. The summed E-state index contributed by atoms with van der Waals surface area (Å²) in [5.74, 6) is 0. The van der Waals surface area contributed by atoms with Gasteiger partial charge in [0.2, 0.25) is 5.52 Å². The van der Waals surface area contributed by atoms with Crippen LogP contribution in [0.25, 0.3) is 11.1 Å². The summed E-state index contributed by atoms with van der Waals surface area (Å²) in [6.07, 6.45) is 0. The Morgan fingerprint density at radius 3 is 3.00 bits per heavy atom. The van der Waals surface area contributed by atoms with Gasteiger partial charge in [-0.2, -0.15) is 0 Å². The predicted octanol–water partition coefficient (Wildman–Crippen LogP) is 2.21. The van der Waals surface area contributed by atoms with Crippen LogP contribution in [-0.2, 0) is 6.67 Å². The average Bonchev–Trinajstić information content (AvgIpc) is 2.59. The Hall–Kier alpha value is -1.98. The lowest BCUT2D eigenvalue weighted by Gasteiger charge is -1.88. The Morgan fingerprint density at radius 1 is 1.57 bits per heavy atom. The van der Waals surface area contributed by atoms with E-state index in [1.165, 1.54) is 18.2 Å². The van der Waals surface area contributed by atoms with Gasteiger partial charge in [0.15, 0.2) is 5.58 Å². The molecule has 0 spiro atoms. The molecule has 6 heteroatoms. The Kier molecular flexibility index (Phi) is 1.88. The van der Waals surface area contributed by atoms with Crippen LogP contribution in [0, 0.1) is 10.1 Å². The van der Waals surface area contributed by atoms with Gasteiger partial charge < -0.3 is 14.5 Å². The normalized spacial score (nSPS) is 10.6. The van der Waals surface area contributed by atoms with Gasteiger partial charge in [0.05, 0.1) is 0 Å². The maximum Gasteiger partial charge on any atom is 0.546 e. The van der Waals surface area contributed by atoms with Crippen molar-refractivity contribution >= 4 is 17.1 Å². The minimum absolute atomic E-state index is 0.286. The smallest absolute Gasteiger partial charge is 0.381 e. The molecule has 2 aromatic rings. The van der Waals surface area contributed by atoms with E-state index in [0.29, 0.717) is 11.1 Å². The van der Waals surface area contributed by atoms with Crippen molar-refractivity contribution in [1.82, 2.24) is 4.98 Å². The van der Waals surface area contributed by atoms with Gasteiger partial charge in [-0.05, 0) is 17.7 Å². The molecule has 0 radical (unpaired) electrons. The summed E-state index contributed by atoms with van der Waals surface area (Å²) >= 11 is 0. The topological polar surface area (TPSA) is 69.2 Å². The number of alkyl halides is 1. The van der Waals surface area contributed by atoms with Gasteiger partial charge in [0.1, 0.15) is 6.67 Å². The van der Waals surface area contributed by atoms with Crippen molar-refractivity contribution in [1.29, 1.82) is 0 Å². The van der Waals surface area contributed by atoms with Crippen LogP contribution in [0.4, 0.5) is 10.4 Å². The van der Waals surface area contributed by atoms with Crippen molar-refractivity contribution in [3.63, 3.8) is 0 Å². The van der Waals surface area contributed by atoms with Crippen LogP contribution in [0.1, 0.15) is 5.56 Å². The highest BCUT2D eigenvalue weighted by molar-refractivity contribution is 5.74. The second-order valence-corrected chi connectivity index (χ2v) is 2.69. The number of benzene rings is 1. The molecule has 2 rings (SSSR count). The second kappa shape index (κ2) is 3.06. The predicted molar refractivity (Wildman–Crippen MR) is 45.5 cm³/mol. The van der Waals surface area contributed by atoms with E-state index in [-0.39, 0.29) is 5.58 Å². The molecule has 0 bridgehead atoms. The molecule has 5 nitrogen and oxygen atoms in total. The summed E-state index contributed by atoms with van der Waals surface area (Å²) in [6.45, 7) is -0.628. The number of oxazole rings is 1. The number of hydrogen-bond donors (Lipinski definition) is 0. The third kappa shape index (κ3) is 1.30. The van der Waals surface area contributed by atoms with E-state index in [4.69, 9.17) is 4.42 Å². The number of nitrogens with zero attached hydrogens (tertiary/aromatic N) is 2. The molecule has 14 heavy (non-hydrogen) atoms. The summed E-state index contributed by atoms with van der Waals surface area (Å²) in [5.41, 5.74) is 1.00. The largest absolute Gasteiger partial charge is 0.546 e. The molecule has 0 N–H and O–H groups in total. The average molecular weight is 196 g/mol. The van der Waals surface area contributed by atoms with Crippen LogP contribution in [0.5, 0.6) is 0 Å². The van der Waals surface area contributed by atoms with Crippen molar-refractivity contribution in [3.05, 3.63) is 33.9 Å². The van der Waals surface area contributed by atoms with Gasteiger partial charge >= 0.3 is 6.01 Å². The van der Waals surface area contributed by atoms with Gasteiger partial charge in [-0.25, -0.2) is 4.39 Å². The molecule has 1 heterocycles. The fourth-order valence-electron chi connectivity index (χ4n) is 1.12. The quantitative estimate of drug-likeness (QED) is 0.545. The number of hydrogen-bond acceptors (Lipinski definition) is 4. The Morgan fingerprint density at radius 2 is 2.36 bits per heavy atom. The first-order valence-electron chi connectivity index (χ1n) is 3.80. The van der Waals surface area contributed by atoms with Gasteiger partial charge in [0, 0.05) is 9.91 Å². The number of fused-ring (bicyclic) bond motifs is 1. The van der Waals surface area contributed by atoms with Crippen molar-refractivity contribution in [3.8, 4) is 0 Å². The lowest BCUT2D eigenvalue weighted by atomic mass is 10.2. The number of halogens is 1. The third-order valence-corrected chi connectivity index (χ3v) is 1.75. The minimum atomic E-state index is -0.727. The molecular formula is C8H5FN2O3. The molecule has 0 fully saturated rings. The summed E-state index contributed by atoms with van der Waals surface area (Å²) in [5, 5.41) is 10.3. The van der Waals surface area contributed by atoms with Crippen molar-refractivity contribution in [2.75, 3.05) is 0 Å². The van der Waals surface area contributed by atoms with Gasteiger partial charge in [-0.3, -0.25) is 0 Å². The van der Waals surface area contributed by atoms with Crippen LogP contribution >= 0.6 is 0 Å². The fraction of sp³-hybridized carbons (Fsp3) is 0.125. The first-order valence-corrected chi connectivity index (χ1v) is 3.80. The Balaban J connectivity index is 2.60. The SMILES string of the molecule is O=[N+]([O-])c1nc2cc(CF)ccc2o1. The van der Waals surface area contributed by atoms with Crippen LogP contribution in [0.15, 0.2) is 22.6 Å². The zero-order valence-electron chi connectivity index (χ0n) is 6.94. The van der Waals surface area contributed by atoms with E-state index in [1.807, 2.05) is 0 Å². The van der Waals surface area contributed by atoms with E-state index >= 15 is 0 Å². The molecule has 0 unspecified atom stereocenters. The number of aromatic nitrogens is 1. The van der Waals surface area contributed by atoms with Gasteiger partial charge in [-0.1, -0.05) is 6.07 Å². The Bertz CT molecular complexity index is 494. The molecule has 0 saturated carbocycles. The zero-order chi connectivity index (χ0) is 10.1. The Labute approximate surface area is 77.3 Å². The van der Waals surface area contributed by atoms with Crippen LogP contribution in [-0.4, -0.2) is 9.91 Å². The lowest BCUT2D eigenvalue weighted by molar-refractivity contribution is -0.406. The van der Waals surface area contributed by atoms with E-state index in [0.717, 1.165) is 0 Å². The van der Waals surface area contributed by atoms with E-state index in [1.54, 1.807) is 0 Å². The molecule has 0 atom stereocenters. The molecule has 1 aromatic heterocycles. The van der Waals surface area contributed by atoms with Gasteiger partial charge in [0.25, 0.3) is 0 Å². The highest BCUT2D eigenvalue weighted by Crippen LogP contribution is 2.21. The lowest BCUT2D eigenvalue weighted by Crippen LogP contribution is -1.85. The van der Waals surface area contributed by atoms with Crippen LogP contribution < -0.4 is 0 Å². The monoisotopic (exact) mass is 196 g/mol. The molecule has 1 aromatic carbocycles. The maximum absolute atomic E-state index is 12.2. The number of nitro groups is 1. The molecule has 0 amide bonds. The van der Waals surface area contributed by atoms with E-state index in [9.17, 15) is 14.5 Å². The molecular weight excluding hydrogens is 191 g/mol. The van der Waals surface area contributed by atoms with Crippen molar-refractivity contribution in [2.24, 2.45) is 0 Å². The highest BCUT2D eigenvalue weighted by atomic mass is 19.1. The van der Waals surface area contributed by atoms with E-state index < -0.39 is 17.6 Å². The highest BCUT2D eigenvalue weighted by Gasteiger charge is 2.17. The first-order chi connectivity index (χ1) is 6.70. The van der Waals surface area contributed by atoms with Crippen molar-refractivity contribution < 1.29 is 13.7 Å². The van der Waals surface area contributed by atoms with Gasteiger partial charge in [-0.15, -0.1) is 0 Å². The molecule has 0 saturated heterocycles. The third-order valence-electron chi connectivity index (χ3n) is 1.75. The maximum atomic E-state index is 12.2. The molecule has 0 aliphatic heterocycles. The van der Waals surface area contributed by atoms with Crippen LogP contribution in [0.3, 0.4) is 0 Å². The molecule has 0 aliphatic carbocycles. The summed E-state index contributed by atoms with van der Waals surface area (Å²) in [7, 11) is 0. The minimum Gasteiger partial charge on any atom is -0.381 e. The molecule has 0 aliphatic rings. The van der Waals surface area contributed by atoms with Crippen LogP contribution in [0.2, 0.25) is 0 Å². The first kappa shape index (κ1) is 8.61. The summed E-state index contributed by atoms with van der Waals surface area (Å²) in [6, 6.07) is 3.81. The summed E-state index contributed by atoms with van der Waals surface area (Å²) in [4.78, 5) is 13.2.